The van der Waals surface area contributed by atoms with E-state index in [0.717, 1.165) is 14.7 Å². The molecule has 3 rings (SSSR count). The molecule has 1 heterocycles. The smallest absolute Gasteiger partial charge is 0.207 e. The molecule has 166 valence electrons. The van der Waals surface area contributed by atoms with Crippen molar-refractivity contribution in [3.8, 4) is 6.07 Å². The van der Waals surface area contributed by atoms with Crippen LogP contribution in [0.5, 0.6) is 0 Å². The molecule has 7 nitrogen and oxygen atoms in total. The van der Waals surface area contributed by atoms with Gasteiger partial charge in [0.25, 0.3) is 0 Å². The first-order chi connectivity index (χ1) is 14.4. The Bertz CT molecular complexity index is 1250. The Kier molecular flexibility index (Phi) is 6.37. The Morgan fingerprint density at radius 1 is 0.871 bits per heavy atom. The van der Waals surface area contributed by atoms with Gasteiger partial charge in [0.1, 0.15) is 11.0 Å². The highest BCUT2D eigenvalue weighted by Crippen LogP contribution is 2.34. The predicted octanol–water partition coefficient (Wildman–Crippen LogP) is 2.93. The fourth-order valence-electron chi connectivity index (χ4n) is 3.09. The SMILES string of the molecule is N#Cc1ccccc1S(=O)(=O)N1CCN(S(=O)(=O)c2cc(C(F)(F)F)ccc2Cl)CC1. The summed E-state index contributed by atoms with van der Waals surface area (Å²) in [6.07, 6.45) is -4.75. The van der Waals surface area contributed by atoms with E-state index in [1.807, 2.05) is 0 Å². The number of hydrogen-bond donors (Lipinski definition) is 0. The van der Waals surface area contributed by atoms with Gasteiger partial charge in [0.2, 0.25) is 20.0 Å². The molecule has 0 atom stereocenters. The Morgan fingerprint density at radius 2 is 1.39 bits per heavy atom. The molecule has 31 heavy (non-hydrogen) atoms. The second kappa shape index (κ2) is 8.40. The van der Waals surface area contributed by atoms with Crippen molar-refractivity contribution in [2.75, 3.05) is 26.2 Å². The second-order valence-corrected chi connectivity index (χ2v) is 10.8. The third-order valence-corrected chi connectivity index (χ3v) is 9.04. The maximum Gasteiger partial charge on any atom is 0.416 e. The third-order valence-electron chi connectivity index (χ3n) is 4.70. The lowest BCUT2D eigenvalue weighted by Crippen LogP contribution is -2.50. The maximum atomic E-state index is 13.0. The number of nitriles is 1. The van der Waals surface area contributed by atoms with Gasteiger partial charge < -0.3 is 0 Å². The number of piperazine rings is 1. The summed E-state index contributed by atoms with van der Waals surface area (Å²) in [4.78, 5) is -0.898. The first-order valence-corrected chi connectivity index (χ1v) is 12.0. The van der Waals surface area contributed by atoms with Gasteiger partial charge in [-0.1, -0.05) is 23.7 Å². The Hall–Kier alpha value is -2.17. The monoisotopic (exact) mass is 493 g/mol. The predicted molar refractivity (Wildman–Crippen MR) is 105 cm³/mol. The molecule has 0 aliphatic carbocycles. The van der Waals surface area contributed by atoms with Gasteiger partial charge in [-0.15, -0.1) is 0 Å². The largest absolute Gasteiger partial charge is 0.416 e. The van der Waals surface area contributed by atoms with Gasteiger partial charge in [-0.05, 0) is 30.3 Å². The molecule has 0 radical (unpaired) electrons. The molecule has 0 unspecified atom stereocenters. The fourth-order valence-corrected chi connectivity index (χ4v) is 6.58. The van der Waals surface area contributed by atoms with E-state index in [2.05, 4.69) is 0 Å². The fraction of sp³-hybridized carbons (Fsp3) is 0.278. The Balaban J connectivity index is 1.85. The molecule has 1 saturated heterocycles. The summed E-state index contributed by atoms with van der Waals surface area (Å²) in [5, 5.41) is 8.78. The van der Waals surface area contributed by atoms with Crippen LogP contribution in [0.4, 0.5) is 13.2 Å². The minimum atomic E-state index is -4.75. The van der Waals surface area contributed by atoms with Gasteiger partial charge in [0, 0.05) is 26.2 Å². The van der Waals surface area contributed by atoms with E-state index in [1.165, 1.54) is 24.3 Å². The summed E-state index contributed by atoms with van der Waals surface area (Å²) < 4.78 is 92.4. The minimum absolute atomic E-state index is 0.0479. The van der Waals surface area contributed by atoms with Gasteiger partial charge >= 0.3 is 6.18 Å². The number of halogens is 4. The van der Waals surface area contributed by atoms with Crippen LogP contribution >= 0.6 is 11.6 Å². The highest BCUT2D eigenvalue weighted by Gasteiger charge is 2.37. The van der Waals surface area contributed by atoms with Crippen LogP contribution < -0.4 is 0 Å². The van der Waals surface area contributed by atoms with Gasteiger partial charge in [-0.2, -0.15) is 27.0 Å². The molecule has 0 spiro atoms. The van der Waals surface area contributed by atoms with Crippen LogP contribution in [0.2, 0.25) is 5.02 Å². The molecule has 0 amide bonds. The van der Waals surface area contributed by atoms with E-state index in [-0.39, 0.29) is 41.7 Å². The molecule has 0 saturated carbocycles. The lowest BCUT2D eigenvalue weighted by Gasteiger charge is -2.33. The topological polar surface area (TPSA) is 98.5 Å². The first-order valence-electron chi connectivity index (χ1n) is 8.75. The molecule has 1 aliphatic rings. The number of hydrogen-bond acceptors (Lipinski definition) is 5. The average molecular weight is 494 g/mol. The van der Waals surface area contributed by atoms with Gasteiger partial charge in [-0.3, -0.25) is 0 Å². The molecular weight excluding hydrogens is 479 g/mol. The summed E-state index contributed by atoms with van der Waals surface area (Å²) in [5.41, 5.74) is -1.21. The zero-order valence-corrected chi connectivity index (χ0v) is 18.1. The number of benzene rings is 2. The van der Waals surface area contributed by atoms with Crippen LogP contribution in [0.25, 0.3) is 0 Å². The molecular formula is C18H15ClF3N3O4S2. The Morgan fingerprint density at radius 3 is 1.90 bits per heavy atom. The Labute approximate surface area is 182 Å². The molecule has 13 heteroatoms. The average Bonchev–Trinajstić information content (AvgIpc) is 2.73. The summed E-state index contributed by atoms with van der Waals surface area (Å²) in [5.74, 6) is 0. The van der Waals surface area contributed by atoms with E-state index in [9.17, 15) is 30.0 Å². The van der Waals surface area contributed by atoms with Crippen molar-refractivity contribution < 1.29 is 30.0 Å². The van der Waals surface area contributed by atoms with Crippen molar-refractivity contribution in [1.82, 2.24) is 8.61 Å². The van der Waals surface area contributed by atoms with Crippen LogP contribution in [0, 0.1) is 11.3 Å². The van der Waals surface area contributed by atoms with E-state index in [0.29, 0.717) is 12.1 Å². The highest BCUT2D eigenvalue weighted by molar-refractivity contribution is 7.89. The van der Waals surface area contributed by atoms with Crippen LogP contribution in [-0.4, -0.2) is 51.6 Å². The second-order valence-electron chi connectivity index (χ2n) is 6.56. The summed E-state index contributed by atoms with van der Waals surface area (Å²) in [6.45, 7) is -1.05. The number of nitrogens with zero attached hydrogens (tertiary/aromatic N) is 3. The highest BCUT2D eigenvalue weighted by atomic mass is 35.5. The molecule has 0 bridgehead atoms. The summed E-state index contributed by atoms with van der Waals surface area (Å²) >= 11 is 5.85. The zero-order chi connectivity index (χ0) is 23.0. The maximum absolute atomic E-state index is 13.0. The summed E-state index contributed by atoms with van der Waals surface area (Å²) in [6, 6.07) is 9.40. The van der Waals surface area contributed by atoms with Crippen molar-refractivity contribution in [3.63, 3.8) is 0 Å². The number of rotatable bonds is 4. The van der Waals surface area contributed by atoms with Crippen LogP contribution in [0.3, 0.4) is 0 Å². The molecule has 0 N–H and O–H groups in total. The van der Waals surface area contributed by atoms with E-state index >= 15 is 0 Å². The van der Waals surface area contributed by atoms with Gasteiger partial charge in [0.15, 0.2) is 0 Å². The lowest BCUT2D eigenvalue weighted by molar-refractivity contribution is -0.137. The summed E-state index contributed by atoms with van der Waals surface area (Å²) in [7, 11) is -8.45. The van der Waals surface area contributed by atoms with Crippen molar-refractivity contribution in [2.24, 2.45) is 0 Å². The van der Waals surface area contributed by atoms with Crippen molar-refractivity contribution in [3.05, 3.63) is 58.6 Å². The van der Waals surface area contributed by atoms with Crippen LogP contribution in [-0.2, 0) is 26.2 Å². The number of alkyl halides is 3. The molecule has 0 aromatic heterocycles. The van der Waals surface area contributed by atoms with Crippen LogP contribution in [0.15, 0.2) is 52.3 Å². The molecule has 2 aromatic carbocycles. The normalized spacial score (nSPS) is 16.7. The van der Waals surface area contributed by atoms with E-state index < -0.39 is 36.7 Å². The van der Waals surface area contributed by atoms with Gasteiger partial charge in [0.05, 0.1) is 21.0 Å². The first kappa shape index (κ1) is 23.5. The van der Waals surface area contributed by atoms with Crippen LogP contribution in [0.1, 0.15) is 11.1 Å². The lowest BCUT2D eigenvalue weighted by atomic mass is 10.2. The van der Waals surface area contributed by atoms with Gasteiger partial charge in [-0.25, -0.2) is 16.8 Å². The van der Waals surface area contributed by atoms with Crippen molar-refractivity contribution >= 4 is 31.6 Å². The van der Waals surface area contributed by atoms with E-state index in [1.54, 1.807) is 6.07 Å². The van der Waals surface area contributed by atoms with Crippen molar-refractivity contribution in [2.45, 2.75) is 16.0 Å². The number of sulfonamides is 2. The van der Waals surface area contributed by atoms with E-state index in [4.69, 9.17) is 16.9 Å². The molecule has 1 aliphatic heterocycles. The zero-order valence-electron chi connectivity index (χ0n) is 15.7. The minimum Gasteiger partial charge on any atom is -0.207 e. The third kappa shape index (κ3) is 4.56. The standard InChI is InChI=1S/C18H15ClF3N3O4S2/c19-15-6-5-14(18(20,21)22)11-17(15)31(28,29)25-9-7-24(8-10-25)30(26,27)16-4-2-1-3-13(16)12-23/h1-6,11H,7-10H2. The quantitative estimate of drug-likeness (QED) is 0.652. The molecule has 2 aromatic rings. The van der Waals surface area contributed by atoms with Crippen molar-refractivity contribution in [1.29, 1.82) is 5.26 Å². The molecule has 1 fully saturated rings.